The SMILES string of the molecule is C#C[C@@]1(O)CC[C@@H]2[C@@H]3CC=C4C[C@@H](OC(C)=O)CC[C@]4(C)[C@@H]3CC[C@]21C. The molecule has 3 fully saturated rings. The van der Waals surface area contributed by atoms with Gasteiger partial charge in [0, 0.05) is 18.8 Å². The van der Waals surface area contributed by atoms with Crippen molar-refractivity contribution in [3.05, 3.63) is 11.6 Å². The maximum atomic E-state index is 11.3. The van der Waals surface area contributed by atoms with Gasteiger partial charge in [0.2, 0.25) is 0 Å². The minimum absolute atomic E-state index is 0.0512. The minimum atomic E-state index is -0.930. The van der Waals surface area contributed by atoms with Crippen LogP contribution in [0.5, 0.6) is 0 Å². The Kier molecular flexibility index (Phi) is 4.08. The fraction of sp³-hybridized carbons (Fsp3) is 0.783. The van der Waals surface area contributed by atoms with Gasteiger partial charge in [0.15, 0.2) is 0 Å². The van der Waals surface area contributed by atoms with Crippen LogP contribution in [0.2, 0.25) is 0 Å². The van der Waals surface area contributed by atoms with E-state index in [4.69, 9.17) is 11.2 Å². The number of rotatable bonds is 1. The largest absolute Gasteiger partial charge is 0.462 e. The number of hydrogen-bond acceptors (Lipinski definition) is 3. The number of allylic oxidation sites excluding steroid dienone is 1. The topological polar surface area (TPSA) is 46.5 Å². The Labute approximate surface area is 157 Å². The Bertz CT molecular complexity index is 688. The molecule has 0 aromatic heterocycles. The molecule has 0 bridgehead atoms. The van der Waals surface area contributed by atoms with E-state index < -0.39 is 5.60 Å². The maximum absolute atomic E-state index is 11.3. The Morgan fingerprint density at radius 3 is 2.65 bits per heavy atom. The lowest BCUT2D eigenvalue weighted by molar-refractivity contribution is -0.149. The molecule has 0 amide bonds. The third-order valence-corrected chi connectivity index (χ3v) is 8.78. The lowest BCUT2D eigenvalue weighted by Crippen LogP contribution is -2.54. The summed E-state index contributed by atoms with van der Waals surface area (Å²) in [5.74, 6) is 4.39. The highest BCUT2D eigenvalue weighted by Crippen LogP contribution is 2.67. The summed E-state index contributed by atoms with van der Waals surface area (Å²) in [6.45, 7) is 6.18. The van der Waals surface area contributed by atoms with Gasteiger partial charge >= 0.3 is 5.97 Å². The van der Waals surface area contributed by atoms with E-state index in [1.807, 2.05) is 0 Å². The highest BCUT2D eigenvalue weighted by atomic mass is 16.5. The van der Waals surface area contributed by atoms with Crippen LogP contribution in [0.3, 0.4) is 0 Å². The molecule has 142 valence electrons. The third kappa shape index (κ3) is 2.34. The van der Waals surface area contributed by atoms with E-state index in [9.17, 15) is 9.90 Å². The number of ether oxygens (including phenoxy) is 1. The standard InChI is InChI=1S/C23H32O3/c1-5-23(25)13-10-20-18-7-6-16-14-17(26-15(2)24)8-11-21(16,3)19(18)9-12-22(20,23)4/h1,6,17-20,25H,7-14H2,2-4H3/t17-,18+,19+,20+,21-,22+,23+/m0/s1. The molecule has 0 saturated heterocycles. The van der Waals surface area contributed by atoms with Gasteiger partial charge in [-0.05, 0) is 68.1 Å². The van der Waals surface area contributed by atoms with E-state index in [1.165, 1.54) is 12.5 Å². The summed E-state index contributed by atoms with van der Waals surface area (Å²) in [7, 11) is 0. The Balaban J connectivity index is 1.61. The fourth-order valence-electron chi connectivity index (χ4n) is 7.22. The zero-order chi connectivity index (χ0) is 18.7. The van der Waals surface area contributed by atoms with Crippen LogP contribution in [0, 0.1) is 40.9 Å². The molecule has 0 unspecified atom stereocenters. The number of terminal acetylenes is 1. The average Bonchev–Trinajstić information content (AvgIpc) is 2.87. The molecule has 3 saturated carbocycles. The Hall–Kier alpha value is -1.27. The highest BCUT2D eigenvalue weighted by Gasteiger charge is 2.63. The molecule has 0 heterocycles. The van der Waals surface area contributed by atoms with Gasteiger partial charge in [0.05, 0.1) is 0 Å². The van der Waals surface area contributed by atoms with Gasteiger partial charge < -0.3 is 9.84 Å². The third-order valence-electron chi connectivity index (χ3n) is 8.78. The molecule has 0 aliphatic heterocycles. The second-order valence-electron chi connectivity index (χ2n) is 9.73. The summed E-state index contributed by atoms with van der Waals surface area (Å²) in [5, 5.41) is 11.1. The van der Waals surface area contributed by atoms with E-state index in [1.54, 1.807) is 0 Å². The van der Waals surface area contributed by atoms with E-state index in [2.05, 4.69) is 25.8 Å². The predicted octanol–water partition coefficient (Wildman–Crippen LogP) is 4.25. The Morgan fingerprint density at radius 1 is 1.23 bits per heavy atom. The van der Waals surface area contributed by atoms with Crippen molar-refractivity contribution < 1.29 is 14.6 Å². The number of esters is 1. The van der Waals surface area contributed by atoms with Gasteiger partial charge in [0.1, 0.15) is 11.7 Å². The molecule has 3 nitrogen and oxygen atoms in total. The van der Waals surface area contributed by atoms with Crippen molar-refractivity contribution in [2.45, 2.75) is 83.8 Å². The highest BCUT2D eigenvalue weighted by molar-refractivity contribution is 5.66. The lowest BCUT2D eigenvalue weighted by atomic mass is 9.47. The molecule has 0 radical (unpaired) electrons. The molecule has 0 aromatic carbocycles. The van der Waals surface area contributed by atoms with Crippen LogP contribution < -0.4 is 0 Å². The van der Waals surface area contributed by atoms with Crippen LogP contribution in [-0.4, -0.2) is 22.8 Å². The van der Waals surface area contributed by atoms with Crippen LogP contribution in [0.25, 0.3) is 0 Å². The van der Waals surface area contributed by atoms with Crippen molar-refractivity contribution in [3.8, 4) is 12.3 Å². The van der Waals surface area contributed by atoms with E-state index >= 15 is 0 Å². The van der Waals surface area contributed by atoms with Crippen molar-refractivity contribution in [2.75, 3.05) is 0 Å². The summed E-state index contributed by atoms with van der Waals surface area (Å²) >= 11 is 0. The molecule has 4 aliphatic rings. The second kappa shape index (κ2) is 5.86. The van der Waals surface area contributed by atoms with Crippen molar-refractivity contribution >= 4 is 5.97 Å². The summed E-state index contributed by atoms with van der Waals surface area (Å²) in [6.07, 6.45) is 16.3. The monoisotopic (exact) mass is 356 g/mol. The quantitative estimate of drug-likeness (QED) is 0.434. The first-order valence-electron chi connectivity index (χ1n) is 10.3. The molecule has 0 spiro atoms. The van der Waals surface area contributed by atoms with E-state index in [0.29, 0.717) is 17.8 Å². The van der Waals surface area contributed by atoms with Gasteiger partial charge in [-0.3, -0.25) is 4.79 Å². The molecule has 26 heavy (non-hydrogen) atoms. The molecule has 4 aliphatic carbocycles. The van der Waals surface area contributed by atoms with Crippen LogP contribution >= 0.6 is 0 Å². The zero-order valence-electron chi connectivity index (χ0n) is 16.4. The molecule has 0 aromatic rings. The summed E-state index contributed by atoms with van der Waals surface area (Å²) in [6, 6.07) is 0. The molecule has 7 atom stereocenters. The molecular formula is C23H32O3. The maximum Gasteiger partial charge on any atom is 0.302 e. The number of carbonyl (C=O) groups is 1. The predicted molar refractivity (Wildman–Crippen MR) is 101 cm³/mol. The molecule has 1 N–H and O–H groups in total. The van der Waals surface area contributed by atoms with Gasteiger partial charge in [-0.15, -0.1) is 6.42 Å². The van der Waals surface area contributed by atoms with Crippen LogP contribution in [0.1, 0.15) is 72.1 Å². The Morgan fingerprint density at radius 2 is 1.96 bits per heavy atom. The molecular weight excluding hydrogens is 324 g/mol. The van der Waals surface area contributed by atoms with E-state index in [-0.39, 0.29) is 22.9 Å². The van der Waals surface area contributed by atoms with Crippen LogP contribution in [-0.2, 0) is 9.53 Å². The van der Waals surface area contributed by atoms with Gasteiger partial charge in [-0.1, -0.05) is 31.4 Å². The number of aliphatic hydroxyl groups is 1. The summed E-state index contributed by atoms with van der Waals surface area (Å²) < 4.78 is 5.51. The average molecular weight is 357 g/mol. The molecule has 4 rings (SSSR count). The number of hydrogen-bond donors (Lipinski definition) is 1. The van der Waals surface area contributed by atoms with Crippen molar-refractivity contribution in [1.29, 1.82) is 0 Å². The molecule has 3 heteroatoms. The normalized spacial score (nSPS) is 49.9. The van der Waals surface area contributed by atoms with Crippen LogP contribution in [0.15, 0.2) is 11.6 Å². The summed E-state index contributed by atoms with van der Waals surface area (Å²) in [4.78, 5) is 11.3. The smallest absolute Gasteiger partial charge is 0.302 e. The number of fused-ring (bicyclic) bond motifs is 5. The van der Waals surface area contributed by atoms with Crippen molar-refractivity contribution in [2.24, 2.45) is 28.6 Å². The van der Waals surface area contributed by atoms with Crippen molar-refractivity contribution in [3.63, 3.8) is 0 Å². The van der Waals surface area contributed by atoms with Gasteiger partial charge in [-0.2, -0.15) is 0 Å². The lowest BCUT2D eigenvalue weighted by Gasteiger charge is -2.58. The van der Waals surface area contributed by atoms with Crippen LogP contribution in [0.4, 0.5) is 0 Å². The van der Waals surface area contributed by atoms with Crippen molar-refractivity contribution in [1.82, 2.24) is 0 Å². The van der Waals surface area contributed by atoms with Gasteiger partial charge in [-0.25, -0.2) is 0 Å². The fourth-order valence-corrected chi connectivity index (χ4v) is 7.22. The first-order valence-corrected chi connectivity index (χ1v) is 10.3. The van der Waals surface area contributed by atoms with Gasteiger partial charge in [0.25, 0.3) is 0 Å². The summed E-state index contributed by atoms with van der Waals surface area (Å²) in [5.41, 5.74) is 0.655. The second-order valence-corrected chi connectivity index (χ2v) is 9.73. The minimum Gasteiger partial charge on any atom is -0.462 e. The first kappa shape index (κ1) is 18.1. The number of carbonyl (C=O) groups excluding carboxylic acids is 1. The first-order chi connectivity index (χ1) is 12.2. The van der Waals surface area contributed by atoms with E-state index in [0.717, 1.165) is 51.4 Å². The zero-order valence-corrected chi connectivity index (χ0v) is 16.4.